The van der Waals surface area contributed by atoms with E-state index in [1.165, 1.54) is 0 Å². The topological polar surface area (TPSA) is 66.8 Å². The van der Waals surface area contributed by atoms with E-state index in [9.17, 15) is 14.7 Å². The maximum atomic E-state index is 13.4. The zero-order chi connectivity index (χ0) is 25.3. The highest BCUT2D eigenvalue weighted by molar-refractivity contribution is 7.99. The minimum atomic E-state index is -0.624. The van der Waals surface area contributed by atoms with Crippen LogP contribution in [0.5, 0.6) is 0 Å². The summed E-state index contributed by atoms with van der Waals surface area (Å²) in [7, 11) is 0. The van der Waals surface area contributed by atoms with Crippen LogP contribution >= 0.6 is 11.8 Å². The molecule has 0 radical (unpaired) electrons. The lowest BCUT2D eigenvalue weighted by molar-refractivity contribution is -0.205. The maximum Gasteiger partial charge on any atom is 0.316 e. The molecule has 0 saturated heterocycles. The molecule has 0 heterocycles. The number of Topliss-reactive ketones (excluding diaryl/α,β-unsaturated/α-hetero) is 1. The fourth-order valence-corrected chi connectivity index (χ4v) is 8.35. The van der Waals surface area contributed by atoms with Crippen LogP contribution in [0.2, 0.25) is 0 Å². The van der Waals surface area contributed by atoms with Gasteiger partial charge in [0.1, 0.15) is 11.9 Å². The zero-order valence-electron chi connectivity index (χ0n) is 22.3. The van der Waals surface area contributed by atoms with Crippen LogP contribution in [0, 0.1) is 34.0 Å². The third-order valence-electron chi connectivity index (χ3n) is 10.2. The molecular weight excluding hydrogens is 446 g/mol. The summed E-state index contributed by atoms with van der Waals surface area (Å²) in [6, 6.07) is 0. The van der Waals surface area contributed by atoms with Crippen molar-refractivity contribution < 1.29 is 19.4 Å². The molecule has 3 aliphatic carbocycles. The Hall–Kier alpha value is -0.850. The number of aliphatic hydroxyl groups is 1. The number of nitrogens with zero attached hydrogens (tertiary/aromatic N) is 1. The van der Waals surface area contributed by atoms with Crippen LogP contribution in [0.3, 0.4) is 0 Å². The second kappa shape index (κ2) is 10.6. The molecule has 0 unspecified atom stereocenters. The molecule has 3 aliphatic rings. The molecule has 0 aromatic heterocycles. The summed E-state index contributed by atoms with van der Waals surface area (Å²) in [6.45, 7) is 20.0. The standard InChI is InChI=1S/C28H47NO4S/c1-8-26(6)17-22(33-23(31)18-34-16-15-29(9-2)10-3)27(7)19(4)11-13-28(20(5)25(26)32)14-12-21(30)24(27)28/h8,19-20,22,24-25,32H,1,9-18H2,2-7H3/t19-,20+,22-,24-,25+,26-,27-,28-/m1/s1. The van der Waals surface area contributed by atoms with Gasteiger partial charge in [0, 0.05) is 35.5 Å². The third kappa shape index (κ3) is 4.64. The molecule has 0 spiro atoms. The molecule has 0 amide bonds. The van der Waals surface area contributed by atoms with Gasteiger partial charge in [0.15, 0.2) is 0 Å². The molecule has 0 aromatic rings. The second-order valence-corrected chi connectivity index (χ2v) is 12.7. The molecule has 2 bridgehead atoms. The predicted molar refractivity (Wildman–Crippen MR) is 140 cm³/mol. The van der Waals surface area contributed by atoms with E-state index in [2.05, 4.69) is 46.1 Å². The number of hydrogen-bond donors (Lipinski definition) is 1. The number of rotatable bonds is 9. The van der Waals surface area contributed by atoms with Gasteiger partial charge in [-0.15, -0.1) is 18.3 Å². The van der Waals surface area contributed by atoms with Gasteiger partial charge in [0.2, 0.25) is 0 Å². The van der Waals surface area contributed by atoms with Crippen molar-refractivity contribution in [2.75, 3.05) is 31.1 Å². The Morgan fingerprint density at radius 3 is 2.56 bits per heavy atom. The summed E-state index contributed by atoms with van der Waals surface area (Å²) < 4.78 is 6.30. The average Bonchev–Trinajstić information content (AvgIpc) is 3.17. The summed E-state index contributed by atoms with van der Waals surface area (Å²) in [5, 5.41) is 11.6. The highest BCUT2D eigenvalue weighted by Crippen LogP contribution is 2.67. The quantitative estimate of drug-likeness (QED) is 0.278. The smallest absolute Gasteiger partial charge is 0.316 e. The lowest BCUT2D eigenvalue weighted by Gasteiger charge is -2.61. The monoisotopic (exact) mass is 493 g/mol. The van der Waals surface area contributed by atoms with Crippen LogP contribution in [0.4, 0.5) is 0 Å². The fraction of sp³-hybridized carbons (Fsp3) is 0.857. The van der Waals surface area contributed by atoms with Crippen molar-refractivity contribution in [3.63, 3.8) is 0 Å². The Bertz CT molecular complexity index is 770. The molecule has 3 rings (SSSR count). The van der Waals surface area contributed by atoms with E-state index in [1.54, 1.807) is 11.8 Å². The Morgan fingerprint density at radius 1 is 1.26 bits per heavy atom. The number of aliphatic hydroxyl groups excluding tert-OH is 1. The fourth-order valence-electron chi connectivity index (χ4n) is 7.58. The highest BCUT2D eigenvalue weighted by atomic mass is 32.2. The van der Waals surface area contributed by atoms with Crippen LogP contribution in [-0.4, -0.2) is 65.1 Å². The van der Waals surface area contributed by atoms with Gasteiger partial charge in [0.05, 0.1) is 11.9 Å². The van der Waals surface area contributed by atoms with E-state index >= 15 is 0 Å². The third-order valence-corrected chi connectivity index (χ3v) is 11.2. The summed E-state index contributed by atoms with van der Waals surface area (Å²) >= 11 is 1.61. The average molecular weight is 494 g/mol. The van der Waals surface area contributed by atoms with Crippen molar-refractivity contribution in [3.05, 3.63) is 12.7 Å². The number of hydrogen-bond acceptors (Lipinski definition) is 6. The van der Waals surface area contributed by atoms with Gasteiger partial charge in [-0.25, -0.2) is 0 Å². The summed E-state index contributed by atoms with van der Waals surface area (Å²) in [5.74, 6) is 1.37. The summed E-state index contributed by atoms with van der Waals surface area (Å²) in [5.41, 5.74) is -1.25. The van der Waals surface area contributed by atoms with Crippen LogP contribution in [0.15, 0.2) is 12.7 Å². The molecule has 6 heteroatoms. The van der Waals surface area contributed by atoms with Crippen molar-refractivity contribution in [3.8, 4) is 0 Å². The second-order valence-electron chi connectivity index (χ2n) is 11.6. The first kappa shape index (κ1) is 27.7. The molecule has 0 aliphatic heterocycles. The van der Waals surface area contributed by atoms with Gasteiger partial charge in [0.25, 0.3) is 0 Å². The first-order chi connectivity index (χ1) is 16.0. The van der Waals surface area contributed by atoms with E-state index in [1.807, 2.05) is 13.0 Å². The van der Waals surface area contributed by atoms with Crippen molar-refractivity contribution in [1.82, 2.24) is 4.90 Å². The van der Waals surface area contributed by atoms with Crippen LogP contribution < -0.4 is 0 Å². The molecule has 34 heavy (non-hydrogen) atoms. The van der Waals surface area contributed by atoms with E-state index in [0.29, 0.717) is 24.4 Å². The van der Waals surface area contributed by atoms with Gasteiger partial charge in [-0.1, -0.05) is 47.6 Å². The SMILES string of the molecule is C=C[C@]1(C)C[C@@H](OC(=O)CSCCN(CC)CC)[C@@]2(C)[C@H](C)CC[C@@]3(CCC(=O)[C@@H]32)[C@@H](C)[C@@H]1O. The Labute approximate surface area is 211 Å². The van der Waals surface area contributed by atoms with Gasteiger partial charge in [-0.05, 0) is 56.0 Å². The van der Waals surface area contributed by atoms with Gasteiger partial charge in [-0.3, -0.25) is 9.59 Å². The minimum Gasteiger partial charge on any atom is -0.461 e. The number of carbonyl (C=O) groups is 2. The van der Waals surface area contributed by atoms with Gasteiger partial charge >= 0.3 is 5.97 Å². The number of thioether (sulfide) groups is 1. The molecule has 0 aromatic carbocycles. The number of esters is 1. The Kier molecular flexibility index (Phi) is 8.68. The van der Waals surface area contributed by atoms with E-state index in [-0.39, 0.29) is 29.1 Å². The molecule has 3 fully saturated rings. The molecule has 194 valence electrons. The highest BCUT2D eigenvalue weighted by Gasteiger charge is 2.68. The molecular formula is C28H47NO4S. The minimum absolute atomic E-state index is 0.00828. The van der Waals surface area contributed by atoms with E-state index < -0.39 is 23.0 Å². The first-order valence-corrected chi connectivity index (χ1v) is 14.5. The first-order valence-electron chi connectivity index (χ1n) is 13.3. The van der Waals surface area contributed by atoms with Crippen molar-refractivity contribution in [1.29, 1.82) is 0 Å². The maximum absolute atomic E-state index is 13.4. The van der Waals surface area contributed by atoms with E-state index in [4.69, 9.17) is 4.74 Å². The summed E-state index contributed by atoms with van der Waals surface area (Å²) in [6.07, 6.45) is 4.64. The van der Waals surface area contributed by atoms with Crippen LogP contribution in [0.1, 0.15) is 73.6 Å². The number of ether oxygens (including phenoxy) is 1. The van der Waals surface area contributed by atoms with Crippen molar-refractivity contribution in [2.45, 2.75) is 85.9 Å². The Balaban J connectivity index is 1.88. The van der Waals surface area contributed by atoms with Crippen LogP contribution in [0.25, 0.3) is 0 Å². The molecule has 3 saturated carbocycles. The van der Waals surface area contributed by atoms with Gasteiger partial charge in [-0.2, -0.15) is 0 Å². The molecule has 8 atom stereocenters. The number of carbonyl (C=O) groups excluding carboxylic acids is 2. The zero-order valence-corrected chi connectivity index (χ0v) is 23.1. The lowest BCUT2D eigenvalue weighted by Crippen LogP contribution is -2.63. The van der Waals surface area contributed by atoms with Crippen molar-refractivity contribution in [2.24, 2.45) is 34.0 Å². The predicted octanol–water partition coefficient (Wildman–Crippen LogP) is 4.97. The normalized spacial score (nSPS) is 42.1. The van der Waals surface area contributed by atoms with Gasteiger partial charge < -0.3 is 14.7 Å². The Morgan fingerprint density at radius 2 is 1.94 bits per heavy atom. The lowest BCUT2D eigenvalue weighted by atomic mass is 9.44. The molecule has 5 nitrogen and oxygen atoms in total. The summed E-state index contributed by atoms with van der Waals surface area (Å²) in [4.78, 5) is 28.9. The van der Waals surface area contributed by atoms with Crippen LogP contribution in [-0.2, 0) is 14.3 Å². The number of ketones is 1. The van der Waals surface area contributed by atoms with Crippen molar-refractivity contribution >= 4 is 23.5 Å². The molecule has 1 N–H and O–H groups in total. The largest absolute Gasteiger partial charge is 0.461 e. The van der Waals surface area contributed by atoms with E-state index in [0.717, 1.165) is 44.6 Å².